The molecule has 1 unspecified atom stereocenters. The van der Waals surface area contributed by atoms with Gasteiger partial charge in [0.2, 0.25) is 6.04 Å². The number of halogens is 1. The quantitative estimate of drug-likeness (QED) is 0.642. The number of nitrogens with zero attached hydrogens (tertiary/aromatic N) is 1. The van der Waals surface area contributed by atoms with Gasteiger partial charge in [-0.05, 0) is 38.1 Å². The van der Waals surface area contributed by atoms with E-state index in [2.05, 4.69) is 0 Å². The summed E-state index contributed by atoms with van der Waals surface area (Å²) < 4.78 is 11.7. The van der Waals surface area contributed by atoms with Crippen molar-refractivity contribution in [1.29, 1.82) is 0 Å². The Labute approximate surface area is 114 Å². The van der Waals surface area contributed by atoms with Crippen LogP contribution in [0.25, 0.3) is 0 Å². The number of carboxylic acids is 1. The van der Waals surface area contributed by atoms with Crippen LogP contribution in [-0.2, 0) is 4.79 Å². The molecule has 0 aliphatic rings. The molecule has 0 heterocycles. The van der Waals surface area contributed by atoms with Gasteiger partial charge in [-0.15, -0.1) is 11.8 Å². The second-order valence-electron chi connectivity index (χ2n) is 4.48. The van der Waals surface area contributed by atoms with Crippen LogP contribution in [0.3, 0.4) is 0 Å². The first-order chi connectivity index (χ1) is 8.74. The van der Waals surface area contributed by atoms with Crippen molar-refractivity contribution in [2.24, 2.45) is 0 Å². The van der Waals surface area contributed by atoms with E-state index in [0.29, 0.717) is 5.56 Å². The van der Waals surface area contributed by atoms with Crippen molar-refractivity contribution in [3.8, 4) is 0 Å². The Morgan fingerprint density at radius 2 is 2.00 bits per heavy atom. The van der Waals surface area contributed by atoms with Gasteiger partial charge in [0.25, 0.3) is 0 Å². The zero-order valence-electron chi connectivity index (χ0n) is 10.5. The number of benzene rings is 1. The highest BCUT2D eigenvalue weighted by Crippen LogP contribution is 2.30. The molecule has 5 nitrogen and oxygen atoms in total. The van der Waals surface area contributed by atoms with E-state index >= 15 is 0 Å². The highest BCUT2D eigenvalue weighted by Gasteiger charge is 2.32. The van der Waals surface area contributed by atoms with Crippen molar-refractivity contribution in [2.75, 3.05) is 5.75 Å². The maximum Gasteiger partial charge on any atom is 0.319 e. The number of thioether (sulfide) groups is 1. The second-order valence-corrected chi connectivity index (χ2v) is 6.12. The highest BCUT2D eigenvalue weighted by molar-refractivity contribution is 8.01. The molecule has 1 aromatic carbocycles. The van der Waals surface area contributed by atoms with E-state index in [9.17, 15) is 19.3 Å². The predicted octanol–water partition coefficient (Wildman–Crippen LogP) is 2.74. The van der Waals surface area contributed by atoms with Gasteiger partial charge in [0.15, 0.2) is 0 Å². The lowest BCUT2D eigenvalue weighted by atomic mass is 10.1. The van der Waals surface area contributed by atoms with E-state index in [1.165, 1.54) is 26.0 Å². The minimum Gasteiger partial charge on any atom is -0.480 e. The zero-order chi connectivity index (χ0) is 14.6. The number of carboxylic acid groups (broad SMARTS) is 1. The fraction of sp³-hybridized carbons (Fsp3) is 0.417. The van der Waals surface area contributed by atoms with E-state index in [4.69, 9.17) is 5.11 Å². The predicted molar refractivity (Wildman–Crippen MR) is 70.3 cm³/mol. The van der Waals surface area contributed by atoms with Gasteiger partial charge in [0.1, 0.15) is 10.6 Å². The summed E-state index contributed by atoms with van der Waals surface area (Å²) in [5, 5.41) is 20.0. The van der Waals surface area contributed by atoms with Gasteiger partial charge >= 0.3 is 5.97 Å². The Kier molecular flexibility index (Phi) is 4.88. The summed E-state index contributed by atoms with van der Waals surface area (Å²) in [7, 11) is 0. The summed E-state index contributed by atoms with van der Waals surface area (Å²) >= 11 is 0.987. The number of hydrogen-bond donors (Lipinski definition) is 1. The van der Waals surface area contributed by atoms with Gasteiger partial charge in [-0.1, -0.05) is 0 Å². The van der Waals surface area contributed by atoms with Crippen LogP contribution in [0.1, 0.15) is 25.5 Å². The molecule has 0 aromatic heterocycles. The SMILES string of the molecule is CC(C)(SCC(c1ccc(F)cc1)[N+](=O)[O-])C(=O)O. The van der Waals surface area contributed by atoms with E-state index in [1.807, 2.05) is 0 Å². The molecule has 0 aliphatic heterocycles. The molecule has 0 bridgehead atoms. The molecular formula is C12H14FNO4S. The molecule has 0 amide bonds. The van der Waals surface area contributed by atoms with E-state index in [-0.39, 0.29) is 5.75 Å². The third-order valence-electron chi connectivity index (χ3n) is 2.63. The third-order valence-corrected chi connectivity index (χ3v) is 4.01. The minimum atomic E-state index is -1.10. The number of aliphatic carboxylic acids is 1. The number of nitro groups is 1. The summed E-state index contributed by atoms with van der Waals surface area (Å²) in [5.41, 5.74) is 0.361. The summed E-state index contributed by atoms with van der Waals surface area (Å²) in [6.45, 7) is 2.98. The maximum absolute atomic E-state index is 12.8. The molecule has 0 aliphatic carbocycles. The Bertz CT molecular complexity index is 475. The summed E-state index contributed by atoms with van der Waals surface area (Å²) in [6.07, 6.45) is 0. The van der Waals surface area contributed by atoms with Gasteiger partial charge in [0.05, 0.1) is 5.75 Å². The zero-order valence-corrected chi connectivity index (χ0v) is 11.3. The molecule has 1 N–H and O–H groups in total. The molecule has 1 aromatic rings. The van der Waals surface area contributed by atoms with Gasteiger partial charge < -0.3 is 5.11 Å². The average molecular weight is 287 g/mol. The summed E-state index contributed by atoms with van der Waals surface area (Å²) in [5.74, 6) is -1.49. The van der Waals surface area contributed by atoms with Crippen molar-refractivity contribution < 1.29 is 19.2 Å². The Morgan fingerprint density at radius 3 is 2.42 bits per heavy atom. The van der Waals surface area contributed by atoms with Crippen LogP contribution in [0.4, 0.5) is 4.39 Å². The first kappa shape index (κ1) is 15.4. The van der Waals surface area contributed by atoms with Gasteiger partial charge in [-0.3, -0.25) is 14.9 Å². The summed E-state index contributed by atoms with van der Waals surface area (Å²) in [6, 6.07) is 3.94. The van der Waals surface area contributed by atoms with Crippen molar-refractivity contribution in [2.45, 2.75) is 24.6 Å². The Hall–Kier alpha value is -1.63. The lowest BCUT2D eigenvalue weighted by Gasteiger charge is -2.19. The Morgan fingerprint density at radius 1 is 1.47 bits per heavy atom. The molecule has 1 rings (SSSR count). The minimum absolute atomic E-state index is 0.0118. The molecule has 104 valence electrons. The van der Waals surface area contributed by atoms with Crippen molar-refractivity contribution in [1.82, 2.24) is 0 Å². The first-order valence-corrected chi connectivity index (χ1v) is 6.49. The van der Waals surface area contributed by atoms with Crippen LogP contribution in [0.2, 0.25) is 0 Å². The molecule has 0 saturated heterocycles. The number of rotatable bonds is 6. The van der Waals surface area contributed by atoms with Crippen LogP contribution in [0, 0.1) is 15.9 Å². The molecule has 0 saturated carbocycles. The highest BCUT2D eigenvalue weighted by atomic mass is 32.2. The van der Waals surface area contributed by atoms with Crippen LogP contribution < -0.4 is 0 Å². The molecule has 1 atom stereocenters. The largest absolute Gasteiger partial charge is 0.480 e. The van der Waals surface area contributed by atoms with Crippen molar-refractivity contribution in [3.05, 3.63) is 45.8 Å². The fourth-order valence-corrected chi connectivity index (χ4v) is 2.32. The van der Waals surface area contributed by atoms with Crippen LogP contribution in [-0.4, -0.2) is 26.5 Å². The monoisotopic (exact) mass is 287 g/mol. The molecule has 0 fully saturated rings. The van der Waals surface area contributed by atoms with Crippen LogP contribution in [0.5, 0.6) is 0 Å². The Balaban J connectivity index is 2.83. The van der Waals surface area contributed by atoms with Crippen molar-refractivity contribution >= 4 is 17.7 Å². The average Bonchev–Trinajstić information content (AvgIpc) is 2.31. The maximum atomic E-state index is 12.8. The lowest BCUT2D eigenvalue weighted by Crippen LogP contribution is -2.29. The topological polar surface area (TPSA) is 80.4 Å². The van der Waals surface area contributed by atoms with Crippen molar-refractivity contribution in [3.63, 3.8) is 0 Å². The molecule has 7 heteroatoms. The molecular weight excluding hydrogens is 273 g/mol. The second kappa shape index (κ2) is 6.01. The molecule has 0 spiro atoms. The number of carbonyl (C=O) groups is 1. The van der Waals surface area contributed by atoms with Gasteiger partial charge in [-0.25, -0.2) is 4.39 Å². The normalized spacial score (nSPS) is 13.0. The smallest absolute Gasteiger partial charge is 0.319 e. The standard InChI is InChI=1S/C12H14FNO4S/c1-12(2,11(15)16)19-7-10(14(17)18)8-3-5-9(13)6-4-8/h3-6,10H,7H2,1-2H3,(H,15,16). The van der Waals surface area contributed by atoms with Gasteiger partial charge in [0, 0.05) is 10.5 Å². The van der Waals surface area contributed by atoms with E-state index in [1.54, 1.807) is 0 Å². The van der Waals surface area contributed by atoms with E-state index < -0.39 is 27.5 Å². The molecule has 19 heavy (non-hydrogen) atoms. The van der Waals surface area contributed by atoms with Crippen LogP contribution >= 0.6 is 11.8 Å². The molecule has 0 radical (unpaired) electrons. The fourth-order valence-electron chi connectivity index (χ4n) is 1.31. The van der Waals surface area contributed by atoms with E-state index in [0.717, 1.165) is 23.9 Å². The van der Waals surface area contributed by atoms with Crippen LogP contribution in [0.15, 0.2) is 24.3 Å². The summed E-state index contributed by atoms with van der Waals surface area (Å²) in [4.78, 5) is 21.5. The van der Waals surface area contributed by atoms with Gasteiger partial charge in [-0.2, -0.15) is 0 Å². The third kappa shape index (κ3) is 4.20. The first-order valence-electron chi connectivity index (χ1n) is 5.50. The number of hydrogen-bond acceptors (Lipinski definition) is 4. The lowest BCUT2D eigenvalue weighted by molar-refractivity contribution is -0.522.